The average Bonchev–Trinajstić information content (AvgIpc) is 3.98. The highest BCUT2D eigenvalue weighted by Crippen LogP contribution is 2.52. The van der Waals surface area contributed by atoms with Gasteiger partial charge in [0.1, 0.15) is 5.76 Å². The molecule has 3 aromatic carbocycles. The zero-order valence-electron chi connectivity index (χ0n) is 34.5. The normalized spacial score (nSPS) is 30.0. The predicted molar refractivity (Wildman–Crippen MR) is 237 cm³/mol. The Morgan fingerprint density at radius 3 is 2.37 bits per heavy atom. The fourth-order valence-electron chi connectivity index (χ4n) is 10.2. The van der Waals surface area contributed by atoms with E-state index in [2.05, 4.69) is 66.8 Å². The molecule has 3 aliphatic heterocycles. The van der Waals surface area contributed by atoms with Gasteiger partial charge in [0, 0.05) is 36.2 Å². The summed E-state index contributed by atoms with van der Waals surface area (Å²) in [5.41, 5.74) is 2.36. The molecule has 1 amide bonds. The van der Waals surface area contributed by atoms with Gasteiger partial charge in [-0.2, -0.15) is 0 Å². The molecule has 59 heavy (non-hydrogen) atoms. The highest BCUT2D eigenvalue weighted by Gasteiger charge is 2.56. The Balaban J connectivity index is 1.14. The number of allylic oxidation sites excluding steroid dienone is 2. The van der Waals surface area contributed by atoms with E-state index in [1.54, 1.807) is 19.1 Å². The maximum absolute atomic E-state index is 14.0. The molecule has 2 aliphatic carbocycles. The number of carbonyl (C=O) groups excluding carboxylic acids is 1. The predicted octanol–water partition coefficient (Wildman–Crippen LogP) is 7.33. The molecule has 7 atom stereocenters. The summed E-state index contributed by atoms with van der Waals surface area (Å²) < 4.78 is 44.2. The lowest BCUT2D eigenvalue weighted by molar-refractivity contribution is -0.115. The minimum atomic E-state index is -4.13. The van der Waals surface area contributed by atoms with Gasteiger partial charge >= 0.3 is 0 Å². The second-order valence-corrected chi connectivity index (χ2v) is 25.2. The average molecular weight is 854 g/mol. The summed E-state index contributed by atoms with van der Waals surface area (Å²) in [7, 11) is -7.09. The molecule has 2 bridgehead atoms. The molecule has 1 saturated carbocycles. The minimum absolute atomic E-state index is 0.0294. The van der Waals surface area contributed by atoms with E-state index < -0.39 is 35.6 Å². The molecule has 0 aromatic heterocycles. The monoisotopic (exact) mass is 852 g/mol. The molecule has 3 aromatic rings. The highest BCUT2D eigenvalue weighted by molar-refractivity contribution is 7.90. The van der Waals surface area contributed by atoms with E-state index in [0.29, 0.717) is 13.1 Å². The first-order chi connectivity index (χ1) is 28.2. The molecule has 0 radical (unpaired) electrons. The SMILES string of the molecule is C[C@H]1C[C@H](CO[Si](c2ccccc2)(c2ccccc2)C(C)(C)C)/C=C/[C@H](O)[C@@H]2CC[C@H]2CN2C=CC(=CC=C3OC3[C@]3(CCCc4cc(Cl)ccc43)C2)C(=O)NS1(=O)=O. The van der Waals surface area contributed by atoms with Gasteiger partial charge < -0.3 is 19.2 Å². The van der Waals surface area contributed by atoms with Crippen LogP contribution < -0.4 is 15.1 Å². The topological polar surface area (TPSA) is 108 Å². The lowest BCUT2D eigenvalue weighted by atomic mass is 9.66. The van der Waals surface area contributed by atoms with Crippen LogP contribution in [0.3, 0.4) is 0 Å². The molecule has 1 saturated heterocycles. The Hall–Kier alpha value is -3.93. The smallest absolute Gasteiger partial charge is 0.264 e. The van der Waals surface area contributed by atoms with Gasteiger partial charge in [-0.25, -0.2) is 13.1 Å². The number of carbonyl (C=O) groups is 1. The summed E-state index contributed by atoms with van der Waals surface area (Å²) in [5, 5.41) is 13.6. The number of aliphatic hydroxyl groups excluding tert-OH is 1. The molecule has 1 spiro atoms. The summed E-state index contributed by atoms with van der Waals surface area (Å²) in [4.78, 5) is 16.2. The van der Waals surface area contributed by atoms with Crippen LogP contribution in [0.1, 0.15) is 70.9 Å². The number of ether oxygens (including phenoxy) is 1. The number of aryl methyl sites for hydroxylation is 1. The first kappa shape index (κ1) is 41.8. The zero-order valence-corrected chi connectivity index (χ0v) is 37.1. The number of benzene rings is 3. The third kappa shape index (κ3) is 8.28. The van der Waals surface area contributed by atoms with Gasteiger partial charge in [-0.05, 0) is 120 Å². The number of hydrogen-bond acceptors (Lipinski definition) is 7. The zero-order chi connectivity index (χ0) is 41.6. The fourth-order valence-corrected chi connectivity index (χ4v) is 16.1. The van der Waals surface area contributed by atoms with E-state index in [9.17, 15) is 18.3 Å². The number of aliphatic hydroxyl groups is 1. The van der Waals surface area contributed by atoms with Gasteiger partial charge in [0.2, 0.25) is 10.0 Å². The summed E-state index contributed by atoms with van der Waals surface area (Å²) in [6.45, 7) is 9.84. The van der Waals surface area contributed by atoms with Gasteiger partial charge in [-0.3, -0.25) is 4.79 Å². The first-order valence-corrected chi connectivity index (χ1v) is 25.0. The summed E-state index contributed by atoms with van der Waals surface area (Å²) in [6, 6.07) is 26.9. The third-order valence-corrected chi connectivity index (χ3v) is 20.5. The standard InChI is InChI=1S/C48H57ClN2O6SSi/c1-33-28-34(31-56-59(47(2,3)4,39-13-7-5-8-14-39)40-15-9-6-10-16-40)17-23-43(52)41-21-18-37(41)30-51-27-25-35(46(53)50-58(33,54)55)19-24-44-45(57-44)48(32-51)26-11-12-36-29-38(49)20-22-42(36)48/h5-10,13-17,19-20,22-25,27,29,33-34,37,41,43,45,52H,11-12,18,21,26,28,30-32H2,1-4H3,(H,50,53)/b23-17+,27-25?,35-19?,44-24?/t33-,34+,37-,41+,43-,45?,48+/m0/s1. The summed E-state index contributed by atoms with van der Waals surface area (Å²) in [6.07, 6.45) is 15.0. The summed E-state index contributed by atoms with van der Waals surface area (Å²) >= 11 is 6.50. The quantitative estimate of drug-likeness (QED) is 0.157. The molecule has 3 heterocycles. The second kappa shape index (κ2) is 16.5. The van der Waals surface area contributed by atoms with E-state index in [0.717, 1.165) is 53.3 Å². The van der Waals surface area contributed by atoms with Crippen molar-refractivity contribution in [2.75, 3.05) is 19.7 Å². The van der Waals surface area contributed by atoms with Crippen LogP contribution in [0.25, 0.3) is 0 Å². The number of sulfonamides is 1. The maximum Gasteiger partial charge on any atom is 0.264 e. The van der Waals surface area contributed by atoms with Crippen molar-refractivity contribution in [3.63, 3.8) is 0 Å². The molecule has 1 unspecified atom stereocenters. The molecule has 5 aliphatic rings. The van der Waals surface area contributed by atoms with Crippen LogP contribution in [0.4, 0.5) is 0 Å². The molecule has 312 valence electrons. The molecule has 2 fully saturated rings. The summed E-state index contributed by atoms with van der Waals surface area (Å²) in [5.74, 6) is -0.0333. The number of halogens is 1. The maximum atomic E-state index is 14.0. The Labute approximate surface area is 356 Å². The van der Waals surface area contributed by atoms with Crippen molar-refractivity contribution in [1.29, 1.82) is 0 Å². The number of hydrogen-bond donors (Lipinski definition) is 2. The van der Waals surface area contributed by atoms with Gasteiger partial charge in [-0.15, -0.1) is 0 Å². The van der Waals surface area contributed by atoms with Crippen molar-refractivity contribution in [1.82, 2.24) is 9.62 Å². The molecular weight excluding hydrogens is 796 g/mol. The molecule has 2 N–H and O–H groups in total. The number of fused-ring (bicyclic) bond motifs is 7. The van der Waals surface area contributed by atoms with Crippen molar-refractivity contribution in [2.24, 2.45) is 17.8 Å². The van der Waals surface area contributed by atoms with Gasteiger partial charge in [0.25, 0.3) is 14.2 Å². The minimum Gasteiger partial charge on any atom is -0.482 e. The first-order valence-electron chi connectivity index (χ1n) is 21.2. The van der Waals surface area contributed by atoms with E-state index in [-0.39, 0.29) is 52.9 Å². The Morgan fingerprint density at radius 1 is 1.00 bits per heavy atom. The molecule has 11 heteroatoms. The van der Waals surface area contributed by atoms with Gasteiger partial charge in [0.15, 0.2) is 6.10 Å². The van der Waals surface area contributed by atoms with Crippen molar-refractivity contribution in [3.05, 3.63) is 143 Å². The number of epoxide rings is 1. The Kier molecular flexibility index (Phi) is 11.7. The van der Waals surface area contributed by atoms with Crippen LogP contribution in [0, 0.1) is 17.8 Å². The molecular formula is C48H57ClN2O6SSi. The number of nitrogens with one attached hydrogen (secondary N) is 1. The van der Waals surface area contributed by atoms with Crippen molar-refractivity contribution >= 4 is 46.2 Å². The van der Waals surface area contributed by atoms with Crippen LogP contribution in [0.15, 0.2) is 127 Å². The van der Waals surface area contributed by atoms with Gasteiger partial charge in [-0.1, -0.05) is 111 Å². The van der Waals surface area contributed by atoms with Crippen LogP contribution >= 0.6 is 11.6 Å². The van der Waals surface area contributed by atoms with Crippen molar-refractivity contribution in [2.45, 2.75) is 94.1 Å². The van der Waals surface area contributed by atoms with E-state index in [4.69, 9.17) is 20.8 Å². The highest BCUT2D eigenvalue weighted by atomic mass is 35.5. The Morgan fingerprint density at radius 2 is 1.71 bits per heavy atom. The van der Waals surface area contributed by atoms with E-state index >= 15 is 0 Å². The number of rotatable bonds is 5. The van der Waals surface area contributed by atoms with Crippen molar-refractivity contribution in [3.8, 4) is 0 Å². The van der Waals surface area contributed by atoms with Crippen LogP contribution in [0.2, 0.25) is 10.1 Å². The van der Waals surface area contributed by atoms with Crippen LogP contribution in [0.5, 0.6) is 0 Å². The number of amides is 1. The van der Waals surface area contributed by atoms with Crippen LogP contribution in [-0.2, 0) is 35.8 Å². The van der Waals surface area contributed by atoms with Gasteiger partial charge in [0.05, 0.1) is 16.8 Å². The van der Waals surface area contributed by atoms with Crippen LogP contribution in [-0.4, -0.2) is 69.8 Å². The number of nitrogens with zero attached hydrogens (tertiary/aromatic N) is 1. The Bertz CT molecular complexity index is 2230. The third-order valence-electron chi connectivity index (χ3n) is 13.6. The lowest BCUT2D eigenvalue weighted by Crippen LogP contribution is -2.66. The van der Waals surface area contributed by atoms with E-state index in [1.807, 2.05) is 66.9 Å². The van der Waals surface area contributed by atoms with E-state index in [1.165, 1.54) is 11.1 Å². The van der Waals surface area contributed by atoms with Crippen molar-refractivity contribution < 1.29 is 27.5 Å². The second-order valence-electron chi connectivity index (χ2n) is 18.4. The largest absolute Gasteiger partial charge is 0.482 e. The molecule has 8 rings (SSSR count). The molecule has 8 nitrogen and oxygen atoms in total. The lowest BCUT2D eigenvalue weighted by Gasteiger charge is -2.45. The fraction of sp³-hybridized carbons (Fsp3) is 0.438.